The minimum absolute atomic E-state index is 0.0555. The van der Waals surface area contributed by atoms with Gasteiger partial charge < -0.3 is 4.42 Å². The minimum Gasteiger partial charge on any atom is -0.461 e. The molecule has 0 saturated heterocycles. The van der Waals surface area contributed by atoms with Crippen molar-refractivity contribution >= 4 is 34.6 Å². The minimum atomic E-state index is -0.213. The fourth-order valence-electron chi connectivity index (χ4n) is 2.28. The number of carbonyl (C=O) groups is 1. The summed E-state index contributed by atoms with van der Waals surface area (Å²) in [6, 6.07) is 12.2. The van der Waals surface area contributed by atoms with Crippen molar-refractivity contribution in [1.82, 2.24) is 5.48 Å². The van der Waals surface area contributed by atoms with Crippen molar-refractivity contribution in [3.05, 3.63) is 70.0 Å². The molecule has 122 valence electrons. The Labute approximate surface area is 147 Å². The van der Waals surface area contributed by atoms with Crippen molar-refractivity contribution in [2.24, 2.45) is 0 Å². The van der Waals surface area contributed by atoms with E-state index in [9.17, 15) is 4.79 Å². The van der Waals surface area contributed by atoms with E-state index in [-0.39, 0.29) is 23.8 Å². The summed E-state index contributed by atoms with van der Waals surface area (Å²) in [7, 11) is 0. The highest BCUT2D eigenvalue weighted by molar-refractivity contribution is 7.17. The van der Waals surface area contributed by atoms with Crippen molar-refractivity contribution < 1.29 is 14.4 Å². The molecule has 1 aromatic carbocycles. The lowest BCUT2D eigenvalue weighted by molar-refractivity contribution is 0.101. The zero-order chi connectivity index (χ0) is 17.1. The topological polar surface area (TPSA) is 86.3 Å². The molecule has 5 nitrogen and oxygen atoms in total. The number of benzene rings is 1. The van der Waals surface area contributed by atoms with Crippen LogP contribution >= 0.6 is 22.9 Å². The first-order chi connectivity index (χ1) is 11.6. The summed E-state index contributed by atoms with van der Waals surface area (Å²) in [6.45, 7) is 0. The molecule has 0 aliphatic heterocycles. The molecule has 2 heterocycles. The van der Waals surface area contributed by atoms with Gasteiger partial charge in [-0.15, -0.1) is 11.3 Å². The van der Waals surface area contributed by atoms with Crippen LogP contribution in [0.1, 0.15) is 21.0 Å². The summed E-state index contributed by atoms with van der Waals surface area (Å²) in [5.41, 5.74) is 3.49. The summed E-state index contributed by atoms with van der Waals surface area (Å²) < 4.78 is 5.17. The number of hydroxylamine groups is 1. The van der Waals surface area contributed by atoms with Crippen molar-refractivity contribution in [2.45, 2.75) is 6.42 Å². The molecule has 0 amide bonds. The van der Waals surface area contributed by atoms with E-state index in [0.29, 0.717) is 9.90 Å². The zero-order valence-corrected chi connectivity index (χ0v) is 13.9. The first kappa shape index (κ1) is 16.4. The van der Waals surface area contributed by atoms with Gasteiger partial charge in [0, 0.05) is 16.3 Å². The number of carbonyl (C=O) groups excluding carboxylic acids is 1. The zero-order valence-electron chi connectivity index (χ0n) is 12.4. The maximum absolute atomic E-state index is 12.5. The van der Waals surface area contributed by atoms with Gasteiger partial charge in [-0.05, 0) is 41.5 Å². The van der Waals surface area contributed by atoms with Crippen LogP contribution in [0.25, 0.3) is 10.4 Å². The van der Waals surface area contributed by atoms with E-state index < -0.39 is 0 Å². The summed E-state index contributed by atoms with van der Waals surface area (Å²) in [5, 5.41) is 17.2. The lowest BCUT2D eigenvalue weighted by atomic mass is 10.1. The van der Waals surface area contributed by atoms with Gasteiger partial charge in [-0.25, -0.2) is 0 Å². The Hall–Kier alpha value is -2.41. The number of amidine groups is 1. The Morgan fingerprint density at radius 3 is 2.67 bits per heavy atom. The molecule has 0 saturated carbocycles. The normalized spacial score (nSPS) is 10.6. The molecule has 7 heteroatoms. The maximum Gasteiger partial charge on any atom is 0.238 e. The SMILES string of the molecule is N=C(Cc1cc(C(=O)c2ccco2)sc1-c1ccc(Cl)cc1)NO. The number of thiophene rings is 1. The second-order valence-corrected chi connectivity index (χ2v) is 6.53. The van der Waals surface area contributed by atoms with Gasteiger partial charge in [0.05, 0.1) is 11.1 Å². The van der Waals surface area contributed by atoms with Gasteiger partial charge in [0.25, 0.3) is 0 Å². The summed E-state index contributed by atoms with van der Waals surface area (Å²) in [4.78, 5) is 13.8. The Kier molecular flexibility index (Phi) is 4.80. The smallest absolute Gasteiger partial charge is 0.238 e. The predicted molar refractivity (Wildman–Crippen MR) is 93.3 cm³/mol. The molecule has 0 fully saturated rings. The molecule has 3 rings (SSSR count). The third-order valence-corrected chi connectivity index (χ3v) is 4.86. The second kappa shape index (κ2) is 7.00. The van der Waals surface area contributed by atoms with Crippen LogP contribution in [0.3, 0.4) is 0 Å². The molecule has 2 aromatic heterocycles. The quantitative estimate of drug-likeness (QED) is 0.272. The van der Waals surface area contributed by atoms with E-state index >= 15 is 0 Å². The van der Waals surface area contributed by atoms with E-state index in [1.807, 2.05) is 17.6 Å². The van der Waals surface area contributed by atoms with Crippen molar-refractivity contribution in [3.8, 4) is 10.4 Å². The molecule has 0 aliphatic rings. The molecule has 3 N–H and O–H groups in total. The van der Waals surface area contributed by atoms with Crippen LogP contribution < -0.4 is 5.48 Å². The standard InChI is InChI=1S/C17H13ClN2O3S/c18-12-5-3-10(4-6-12)17-11(9-15(19)20-22)8-14(24-17)16(21)13-2-1-7-23-13/h1-8,22H,9H2,(H2,19,20). The number of halogens is 1. The number of ketones is 1. The monoisotopic (exact) mass is 360 g/mol. The number of furan rings is 1. The van der Waals surface area contributed by atoms with Gasteiger partial charge in [-0.2, -0.15) is 0 Å². The van der Waals surface area contributed by atoms with Gasteiger partial charge in [0.15, 0.2) is 5.76 Å². The van der Waals surface area contributed by atoms with Crippen LogP contribution in [0.4, 0.5) is 0 Å². The Morgan fingerprint density at radius 2 is 2.04 bits per heavy atom. The molecule has 0 bridgehead atoms. The fraction of sp³-hybridized carbons (Fsp3) is 0.0588. The van der Waals surface area contributed by atoms with Crippen LogP contribution in [0.15, 0.2) is 53.1 Å². The van der Waals surface area contributed by atoms with Crippen LogP contribution in [-0.4, -0.2) is 16.8 Å². The third-order valence-electron chi connectivity index (χ3n) is 3.39. The van der Waals surface area contributed by atoms with E-state index in [2.05, 4.69) is 0 Å². The number of rotatable bonds is 5. The second-order valence-electron chi connectivity index (χ2n) is 5.05. The average molecular weight is 361 g/mol. The van der Waals surface area contributed by atoms with E-state index in [0.717, 1.165) is 16.0 Å². The van der Waals surface area contributed by atoms with Crippen molar-refractivity contribution in [2.75, 3.05) is 0 Å². The maximum atomic E-state index is 12.5. The lowest BCUT2D eigenvalue weighted by Crippen LogP contribution is -2.19. The molecular formula is C17H13ClN2O3S. The lowest BCUT2D eigenvalue weighted by Gasteiger charge is -2.04. The molecule has 0 unspecified atom stereocenters. The number of hydrogen-bond donors (Lipinski definition) is 3. The van der Waals surface area contributed by atoms with Crippen LogP contribution in [0.2, 0.25) is 5.02 Å². The van der Waals surface area contributed by atoms with Crippen LogP contribution in [-0.2, 0) is 6.42 Å². The molecule has 0 aliphatic carbocycles. The van der Waals surface area contributed by atoms with Gasteiger partial charge in [-0.1, -0.05) is 23.7 Å². The molecule has 0 atom stereocenters. The Bertz CT molecular complexity index is 870. The van der Waals surface area contributed by atoms with Gasteiger partial charge in [-0.3, -0.25) is 20.9 Å². The molecule has 0 radical (unpaired) electrons. The van der Waals surface area contributed by atoms with Crippen LogP contribution in [0.5, 0.6) is 0 Å². The van der Waals surface area contributed by atoms with Crippen molar-refractivity contribution in [3.63, 3.8) is 0 Å². The first-order valence-corrected chi connectivity index (χ1v) is 8.22. The highest BCUT2D eigenvalue weighted by atomic mass is 35.5. The molecule has 3 aromatic rings. The van der Waals surface area contributed by atoms with Gasteiger partial charge in [0.1, 0.15) is 5.84 Å². The predicted octanol–water partition coefficient (Wildman–Crippen LogP) is 4.39. The summed E-state index contributed by atoms with van der Waals surface area (Å²) >= 11 is 7.25. The van der Waals surface area contributed by atoms with Gasteiger partial charge >= 0.3 is 0 Å². The van der Waals surface area contributed by atoms with E-state index in [1.165, 1.54) is 17.6 Å². The molecular weight excluding hydrogens is 348 g/mol. The highest BCUT2D eigenvalue weighted by Gasteiger charge is 2.19. The van der Waals surface area contributed by atoms with Crippen molar-refractivity contribution in [1.29, 1.82) is 5.41 Å². The first-order valence-electron chi connectivity index (χ1n) is 7.03. The van der Waals surface area contributed by atoms with E-state index in [1.54, 1.807) is 30.3 Å². The fourth-order valence-corrected chi connectivity index (χ4v) is 3.53. The highest BCUT2D eigenvalue weighted by Crippen LogP contribution is 2.35. The largest absolute Gasteiger partial charge is 0.461 e. The number of nitrogens with one attached hydrogen (secondary N) is 2. The number of hydrogen-bond acceptors (Lipinski definition) is 5. The Balaban J connectivity index is 2.03. The average Bonchev–Trinajstić information content (AvgIpc) is 3.25. The summed E-state index contributed by atoms with van der Waals surface area (Å²) in [5.74, 6) is -0.00391. The molecule has 24 heavy (non-hydrogen) atoms. The summed E-state index contributed by atoms with van der Waals surface area (Å²) in [6.07, 6.45) is 1.63. The third kappa shape index (κ3) is 3.41. The van der Waals surface area contributed by atoms with E-state index in [4.69, 9.17) is 26.6 Å². The Morgan fingerprint density at radius 1 is 1.29 bits per heavy atom. The van der Waals surface area contributed by atoms with Crippen LogP contribution in [0, 0.1) is 5.41 Å². The van der Waals surface area contributed by atoms with Gasteiger partial charge in [0.2, 0.25) is 5.78 Å². The molecule has 0 spiro atoms.